The molecule has 17 heavy (non-hydrogen) atoms. The van der Waals surface area contributed by atoms with E-state index in [2.05, 4.69) is 25.3 Å². The highest BCUT2D eigenvalue weighted by Crippen LogP contribution is 2.12. The standard InChI is InChI=1S/C10H11N5O2/c1-15-6-7(5-11-15)12-9-4-3-8(13-14-9)10(16)17-2/h3-6H,1-2H3,(H,12,14). The predicted molar refractivity (Wildman–Crippen MR) is 59.9 cm³/mol. The van der Waals surface area contributed by atoms with Gasteiger partial charge in [-0.2, -0.15) is 5.10 Å². The van der Waals surface area contributed by atoms with E-state index in [0.717, 1.165) is 5.69 Å². The molecular weight excluding hydrogens is 222 g/mol. The molecule has 0 aliphatic rings. The van der Waals surface area contributed by atoms with Crippen LogP contribution in [0.2, 0.25) is 0 Å². The largest absolute Gasteiger partial charge is 0.464 e. The number of anilines is 2. The van der Waals surface area contributed by atoms with Crippen molar-refractivity contribution in [3.63, 3.8) is 0 Å². The fourth-order valence-corrected chi connectivity index (χ4v) is 1.25. The maximum atomic E-state index is 11.1. The second kappa shape index (κ2) is 4.60. The van der Waals surface area contributed by atoms with Gasteiger partial charge in [-0.25, -0.2) is 4.79 Å². The van der Waals surface area contributed by atoms with Gasteiger partial charge in [-0.05, 0) is 12.1 Å². The molecule has 0 unspecified atom stereocenters. The van der Waals surface area contributed by atoms with Crippen molar-refractivity contribution in [2.75, 3.05) is 12.4 Å². The van der Waals surface area contributed by atoms with Gasteiger partial charge in [0.1, 0.15) is 0 Å². The van der Waals surface area contributed by atoms with Crippen LogP contribution in [0.4, 0.5) is 11.5 Å². The molecule has 0 spiro atoms. The first-order valence-corrected chi connectivity index (χ1v) is 4.87. The molecule has 2 heterocycles. The normalized spacial score (nSPS) is 10.0. The lowest BCUT2D eigenvalue weighted by Crippen LogP contribution is -2.06. The summed E-state index contributed by atoms with van der Waals surface area (Å²) in [5.74, 6) is 0.0241. The highest BCUT2D eigenvalue weighted by Gasteiger charge is 2.07. The van der Waals surface area contributed by atoms with Crippen LogP contribution in [0.1, 0.15) is 10.5 Å². The second-order valence-electron chi connectivity index (χ2n) is 3.32. The van der Waals surface area contributed by atoms with Crippen LogP contribution in [0.5, 0.6) is 0 Å². The van der Waals surface area contributed by atoms with E-state index in [4.69, 9.17) is 0 Å². The van der Waals surface area contributed by atoms with Gasteiger partial charge in [-0.3, -0.25) is 4.68 Å². The molecule has 0 aliphatic heterocycles. The number of hydrogen-bond acceptors (Lipinski definition) is 6. The molecular formula is C10H11N5O2. The van der Waals surface area contributed by atoms with Gasteiger partial charge in [-0.15, -0.1) is 10.2 Å². The monoisotopic (exact) mass is 233 g/mol. The number of methoxy groups -OCH3 is 1. The molecule has 2 rings (SSSR count). The number of carbonyl (C=O) groups is 1. The summed E-state index contributed by atoms with van der Waals surface area (Å²) >= 11 is 0. The maximum Gasteiger partial charge on any atom is 0.358 e. The molecule has 1 N–H and O–H groups in total. The summed E-state index contributed by atoms with van der Waals surface area (Å²) in [6.45, 7) is 0. The second-order valence-corrected chi connectivity index (χ2v) is 3.32. The van der Waals surface area contributed by atoms with E-state index in [0.29, 0.717) is 5.82 Å². The van der Waals surface area contributed by atoms with Crippen LogP contribution < -0.4 is 5.32 Å². The summed E-state index contributed by atoms with van der Waals surface area (Å²) in [6.07, 6.45) is 3.46. The van der Waals surface area contributed by atoms with Crippen molar-refractivity contribution in [1.29, 1.82) is 0 Å². The van der Waals surface area contributed by atoms with Gasteiger partial charge < -0.3 is 10.1 Å². The van der Waals surface area contributed by atoms with Crippen molar-refractivity contribution >= 4 is 17.5 Å². The quantitative estimate of drug-likeness (QED) is 0.787. The Hall–Kier alpha value is -2.44. The Kier molecular flexibility index (Phi) is 2.99. The molecule has 2 aromatic rings. The first kappa shape index (κ1) is 11.1. The Morgan fingerprint density at radius 3 is 2.76 bits per heavy atom. The number of aromatic nitrogens is 4. The number of nitrogens with one attached hydrogen (secondary N) is 1. The van der Waals surface area contributed by atoms with Crippen molar-refractivity contribution in [1.82, 2.24) is 20.0 Å². The fraction of sp³-hybridized carbons (Fsp3) is 0.200. The van der Waals surface area contributed by atoms with Crippen molar-refractivity contribution < 1.29 is 9.53 Å². The molecule has 0 aliphatic carbocycles. The van der Waals surface area contributed by atoms with Crippen molar-refractivity contribution in [3.05, 3.63) is 30.2 Å². The van der Waals surface area contributed by atoms with Crippen LogP contribution in [0.3, 0.4) is 0 Å². The number of hydrogen-bond donors (Lipinski definition) is 1. The van der Waals surface area contributed by atoms with Gasteiger partial charge in [0.05, 0.1) is 19.0 Å². The predicted octanol–water partition coefficient (Wildman–Crippen LogP) is 0.740. The highest BCUT2D eigenvalue weighted by atomic mass is 16.5. The van der Waals surface area contributed by atoms with Crippen LogP contribution in [-0.2, 0) is 11.8 Å². The van der Waals surface area contributed by atoms with E-state index in [1.165, 1.54) is 13.2 Å². The Labute approximate surface area is 97.4 Å². The average molecular weight is 233 g/mol. The lowest BCUT2D eigenvalue weighted by atomic mass is 10.4. The summed E-state index contributed by atoms with van der Waals surface area (Å²) in [5.41, 5.74) is 0.969. The van der Waals surface area contributed by atoms with Gasteiger partial charge in [0.25, 0.3) is 0 Å². The molecule has 0 saturated carbocycles. The molecule has 0 amide bonds. The zero-order chi connectivity index (χ0) is 12.3. The molecule has 7 heteroatoms. The lowest BCUT2D eigenvalue weighted by Gasteiger charge is -2.01. The topological polar surface area (TPSA) is 81.9 Å². The number of nitrogens with zero attached hydrogens (tertiary/aromatic N) is 4. The van der Waals surface area contributed by atoms with Gasteiger partial charge in [0.15, 0.2) is 11.5 Å². The van der Waals surface area contributed by atoms with Crippen molar-refractivity contribution in [2.24, 2.45) is 7.05 Å². The van der Waals surface area contributed by atoms with E-state index in [1.54, 1.807) is 23.1 Å². The molecule has 0 radical (unpaired) electrons. The highest BCUT2D eigenvalue weighted by molar-refractivity contribution is 5.87. The van der Waals surface area contributed by atoms with E-state index in [1.807, 2.05) is 7.05 Å². The number of rotatable bonds is 3. The smallest absolute Gasteiger partial charge is 0.358 e. The van der Waals surface area contributed by atoms with Gasteiger partial charge in [-0.1, -0.05) is 0 Å². The van der Waals surface area contributed by atoms with Gasteiger partial charge >= 0.3 is 5.97 Å². The van der Waals surface area contributed by atoms with E-state index in [9.17, 15) is 4.79 Å². The minimum absolute atomic E-state index is 0.171. The van der Waals surface area contributed by atoms with E-state index >= 15 is 0 Å². The third-order valence-corrected chi connectivity index (χ3v) is 2.04. The van der Waals surface area contributed by atoms with Crippen molar-refractivity contribution in [2.45, 2.75) is 0 Å². The summed E-state index contributed by atoms with van der Waals surface area (Å²) in [5, 5.41) is 14.6. The van der Waals surface area contributed by atoms with E-state index < -0.39 is 5.97 Å². The zero-order valence-electron chi connectivity index (χ0n) is 9.41. The van der Waals surface area contributed by atoms with Crippen LogP contribution in [-0.4, -0.2) is 33.1 Å². The molecule has 0 aromatic carbocycles. The number of esters is 1. The minimum Gasteiger partial charge on any atom is -0.464 e. The number of carbonyl (C=O) groups excluding carboxylic acids is 1. The summed E-state index contributed by atoms with van der Waals surface area (Å²) in [6, 6.07) is 3.18. The van der Waals surface area contributed by atoms with Crippen LogP contribution in [0, 0.1) is 0 Å². The van der Waals surface area contributed by atoms with Crippen LogP contribution in [0.15, 0.2) is 24.5 Å². The SMILES string of the molecule is COC(=O)c1ccc(Nc2cnn(C)c2)nn1. The molecule has 2 aromatic heterocycles. The molecule has 7 nitrogen and oxygen atoms in total. The Morgan fingerprint density at radius 1 is 1.41 bits per heavy atom. The maximum absolute atomic E-state index is 11.1. The Balaban J connectivity index is 2.10. The first-order chi connectivity index (χ1) is 8.19. The zero-order valence-corrected chi connectivity index (χ0v) is 9.41. The number of aryl methyl sites for hydroxylation is 1. The van der Waals surface area contributed by atoms with Crippen molar-refractivity contribution in [3.8, 4) is 0 Å². The summed E-state index contributed by atoms with van der Waals surface area (Å²) in [7, 11) is 3.11. The average Bonchev–Trinajstić information content (AvgIpc) is 2.75. The summed E-state index contributed by atoms with van der Waals surface area (Å²) in [4.78, 5) is 11.1. The minimum atomic E-state index is -0.509. The van der Waals surface area contributed by atoms with Crippen LogP contribution in [0.25, 0.3) is 0 Å². The molecule has 0 saturated heterocycles. The first-order valence-electron chi connectivity index (χ1n) is 4.87. The van der Waals surface area contributed by atoms with Crippen LogP contribution >= 0.6 is 0 Å². The molecule has 0 bridgehead atoms. The fourth-order valence-electron chi connectivity index (χ4n) is 1.25. The number of ether oxygens (including phenoxy) is 1. The van der Waals surface area contributed by atoms with E-state index in [-0.39, 0.29) is 5.69 Å². The third-order valence-electron chi connectivity index (χ3n) is 2.04. The molecule has 0 fully saturated rings. The van der Waals surface area contributed by atoms with Gasteiger partial charge in [0.2, 0.25) is 0 Å². The summed E-state index contributed by atoms with van der Waals surface area (Å²) < 4.78 is 6.19. The molecule has 0 atom stereocenters. The Morgan fingerprint density at radius 2 is 2.24 bits per heavy atom. The Bertz CT molecular complexity index is 520. The molecule has 88 valence electrons. The third kappa shape index (κ3) is 2.57. The van der Waals surface area contributed by atoms with Gasteiger partial charge in [0, 0.05) is 13.2 Å². The lowest BCUT2D eigenvalue weighted by molar-refractivity contribution is 0.0593.